The van der Waals surface area contributed by atoms with Gasteiger partial charge in [-0.25, -0.2) is 4.79 Å². The third-order valence-electron chi connectivity index (χ3n) is 6.55. The van der Waals surface area contributed by atoms with E-state index in [9.17, 15) is 9.59 Å². The lowest BCUT2D eigenvalue weighted by Gasteiger charge is -2.45. The van der Waals surface area contributed by atoms with Crippen LogP contribution >= 0.6 is 11.3 Å². The number of carbonyl (C=O) groups is 2. The summed E-state index contributed by atoms with van der Waals surface area (Å²) in [5.41, 5.74) is 14.9. The van der Waals surface area contributed by atoms with Crippen molar-refractivity contribution in [3.8, 4) is 0 Å². The zero-order valence-corrected chi connectivity index (χ0v) is 18.8. The summed E-state index contributed by atoms with van der Waals surface area (Å²) in [4.78, 5) is 35.1. The second-order valence-corrected chi connectivity index (χ2v) is 9.59. The highest BCUT2D eigenvalue weighted by Crippen LogP contribution is 2.44. The average Bonchev–Trinajstić information content (AvgIpc) is 3.05. The van der Waals surface area contributed by atoms with E-state index < -0.39 is 0 Å². The minimum absolute atomic E-state index is 0.116. The molecule has 3 atom stereocenters. The zero-order valence-electron chi connectivity index (χ0n) is 18.0. The summed E-state index contributed by atoms with van der Waals surface area (Å²) < 4.78 is 0. The van der Waals surface area contributed by atoms with Crippen molar-refractivity contribution in [2.24, 2.45) is 11.8 Å². The van der Waals surface area contributed by atoms with Crippen LogP contribution in [0.4, 0.5) is 15.5 Å². The molecule has 2 aromatic rings. The number of urea groups is 1. The van der Waals surface area contributed by atoms with Crippen LogP contribution in [-0.4, -0.2) is 52.9 Å². The van der Waals surface area contributed by atoms with Crippen molar-refractivity contribution in [3.63, 3.8) is 0 Å². The van der Waals surface area contributed by atoms with Gasteiger partial charge in [0.1, 0.15) is 5.00 Å². The number of nitrogens with zero attached hydrogens (tertiary/aromatic N) is 3. The molecule has 0 spiro atoms. The van der Waals surface area contributed by atoms with Crippen LogP contribution in [0.3, 0.4) is 0 Å². The molecular formula is C22H30N6O2S. The molecule has 0 radical (unpaired) electrons. The Labute approximate surface area is 186 Å². The van der Waals surface area contributed by atoms with Gasteiger partial charge in [0.15, 0.2) is 0 Å². The molecule has 3 heterocycles. The summed E-state index contributed by atoms with van der Waals surface area (Å²) in [7, 11) is 2.07. The van der Waals surface area contributed by atoms with Crippen LogP contribution in [0, 0.1) is 11.8 Å². The number of likely N-dealkylation sites (tertiary alicyclic amines) is 1. The van der Waals surface area contributed by atoms with Gasteiger partial charge in [0.05, 0.1) is 23.8 Å². The number of likely N-dealkylation sites (N-methyl/N-ethyl adjacent to an activating group) is 1. The fourth-order valence-electron chi connectivity index (χ4n) is 4.93. The number of nitrogens with one attached hydrogen (secondary N) is 1. The second kappa shape index (κ2) is 8.84. The zero-order chi connectivity index (χ0) is 22.1. The Balaban J connectivity index is 1.43. The van der Waals surface area contributed by atoms with Crippen molar-refractivity contribution in [3.05, 3.63) is 40.5 Å². The van der Waals surface area contributed by atoms with E-state index in [1.807, 2.05) is 25.1 Å². The van der Waals surface area contributed by atoms with Crippen LogP contribution in [0.15, 0.2) is 24.4 Å². The summed E-state index contributed by atoms with van der Waals surface area (Å²) in [6.07, 6.45) is 4.20. The van der Waals surface area contributed by atoms with Gasteiger partial charge >= 0.3 is 6.03 Å². The molecule has 5 N–H and O–H groups in total. The Morgan fingerprint density at radius 1 is 1.32 bits per heavy atom. The molecule has 0 aromatic carbocycles. The number of hydrogen-bond donors (Lipinski definition) is 3. The monoisotopic (exact) mass is 442 g/mol. The van der Waals surface area contributed by atoms with Gasteiger partial charge < -0.3 is 21.7 Å². The molecule has 4 rings (SSSR count). The van der Waals surface area contributed by atoms with Gasteiger partial charge in [-0.3, -0.25) is 14.7 Å². The van der Waals surface area contributed by atoms with Crippen LogP contribution in [0.25, 0.3) is 0 Å². The van der Waals surface area contributed by atoms with Crippen molar-refractivity contribution < 1.29 is 9.59 Å². The highest BCUT2D eigenvalue weighted by atomic mass is 32.1. The van der Waals surface area contributed by atoms with Crippen molar-refractivity contribution in [2.75, 3.05) is 31.6 Å². The molecule has 1 aliphatic heterocycles. The highest BCUT2D eigenvalue weighted by Gasteiger charge is 2.42. The number of anilines is 2. The van der Waals surface area contributed by atoms with Crippen LogP contribution in [0.5, 0.6) is 0 Å². The number of thiophene rings is 1. The van der Waals surface area contributed by atoms with Gasteiger partial charge in [-0.2, -0.15) is 0 Å². The number of nitrogens with two attached hydrogens (primary N) is 2. The van der Waals surface area contributed by atoms with Gasteiger partial charge in [-0.1, -0.05) is 6.07 Å². The number of amides is 3. The fraction of sp³-hybridized carbons (Fsp3) is 0.500. The van der Waals surface area contributed by atoms with Gasteiger partial charge in [-0.15, -0.1) is 11.3 Å². The lowest BCUT2D eigenvalue weighted by Crippen LogP contribution is -2.55. The number of hydrogen-bond acceptors (Lipinski definition) is 7. The molecule has 1 fully saturated rings. The molecule has 0 unspecified atom stereocenters. The Hall–Kier alpha value is -2.65. The van der Waals surface area contributed by atoms with Crippen LogP contribution in [-0.2, 0) is 24.2 Å². The normalized spacial score (nSPS) is 23.0. The Kier molecular flexibility index (Phi) is 6.15. The number of fused-ring (bicyclic) bond motifs is 2. The van der Waals surface area contributed by atoms with Crippen molar-refractivity contribution in [1.82, 2.24) is 20.1 Å². The van der Waals surface area contributed by atoms with Crippen LogP contribution < -0.4 is 16.8 Å². The van der Waals surface area contributed by atoms with E-state index in [1.165, 1.54) is 9.78 Å². The molecule has 0 bridgehead atoms. The number of nitrogen functional groups attached to an aromatic ring is 2. The Bertz CT molecular complexity index is 962. The van der Waals surface area contributed by atoms with Gasteiger partial charge in [0.2, 0.25) is 5.91 Å². The van der Waals surface area contributed by atoms with E-state index in [2.05, 4.69) is 22.2 Å². The van der Waals surface area contributed by atoms with Gasteiger partial charge in [-0.05, 0) is 56.8 Å². The summed E-state index contributed by atoms with van der Waals surface area (Å²) >= 11 is 1.59. The first-order valence-corrected chi connectivity index (χ1v) is 11.6. The van der Waals surface area contributed by atoms with Crippen LogP contribution in [0.1, 0.15) is 29.5 Å². The first kappa shape index (κ1) is 21.6. The van der Waals surface area contributed by atoms with E-state index >= 15 is 0 Å². The second-order valence-electron chi connectivity index (χ2n) is 8.45. The molecule has 0 saturated carbocycles. The predicted octanol–water partition coefficient (Wildman–Crippen LogP) is 2.10. The van der Waals surface area contributed by atoms with Crippen LogP contribution in [0.2, 0.25) is 0 Å². The first-order chi connectivity index (χ1) is 14.9. The molecule has 2 aromatic heterocycles. The lowest BCUT2D eigenvalue weighted by molar-refractivity contribution is -0.135. The number of aromatic nitrogens is 1. The molecule has 31 heavy (non-hydrogen) atoms. The first-order valence-electron chi connectivity index (χ1n) is 10.7. The SMILES string of the molecule is CCN(C(=O)NCc1ccccn1)C(=O)[C@@H]1C[C@@H]2Cc3c(sc(N)c3N)C[C@H]2N(C)C1. The van der Waals surface area contributed by atoms with Crippen molar-refractivity contribution in [2.45, 2.75) is 38.8 Å². The van der Waals surface area contributed by atoms with Gasteiger partial charge in [0, 0.05) is 30.2 Å². The minimum Gasteiger partial charge on any atom is -0.396 e. The van der Waals surface area contributed by atoms with Crippen molar-refractivity contribution >= 4 is 34.0 Å². The number of imide groups is 1. The summed E-state index contributed by atoms with van der Waals surface area (Å²) in [6, 6.07) is 5.54. The van der Waals surface area contributed by atoms with E-state index in [4.69, 9.17) is 11.5 Å². The number of carbonyl (C=O) groups excluding carboxylic acids is 2. The topological polar surface area (TPSA) is 118 Å². The van der Waals surface area contributed by atoms with Gasteiger partial charge in [0.25, 0.3) is 0 Å². The predicted molar refractivity (Wildman–Crippen MR) is 122 cm³/mol. The molecule has 9 heteroatoms. The molecule has 1 aliphatic carbocycles. The molecule has 166 valence electrons. The standard InChI is InChI=1S/C22H30N6O2S/c1-3-28(22(30)26-11-15-6-4-5-7-25-15)21(29)14-8-13-9-16-18(31-20(24)19(16)23)10-17(13)27(2)12-14/h4-7,13-14,17H,3,8-12,23-24H2,1-2H3,(H,26,30)/t13-,14-,17-/m1/s1. The Morgan fingerprint density at radius 2 is 2.13 bits per heavy atom. The molecule has 3 amide bonds. The largest absolute Gasteiger partial charge is 0.396 e. The highest BCUT2D eigenvalue weighted by molar-refractivity contribution is 7.16. The van der Waals surface area contributed by atoms with Crippen molar-refractivity contribution in [1.29, 1.82) is 0 Å². The quantitative estimate of drug-likeness (QED) is 0.667. The maximum atomic E-state index is 13.3. The average molecular weight is 443 g/mol. The van der Waals surface area contributed by atoms with E-state index in [1.54, 1.807) is 17.5 Å². The fourth-order valence-corrected chi connectivity index (χ4v) is 6.00. The molecule has 2 aliphatic rings. The summed E-state index contributed by atoms with van der Waals surface area (Å²) in [6.45, 7) is 3.10. The van der Waals surface area contributed by atoms with E-state index in [0.29, 0.717) is 42.3 Å². The maximum absolute atomic E-state index is 13.3. The number of rotatable bonds is 4. The van der Waals surface area contributed by atoms with E-state index in [0.717, 1.165) is 30.5 Å². The smallest absolute Gasteiger partial charge is 0.324 e. The summed E-state index contributed by atoms with van der Waals surface area (Å²) in [5, 5.41) is 3.52. The number of pyridine rings is 1. The minimum atomic E-state index is -0.372. The molecule has 1 saturated heterocycles. The maximum Gasteiger partial charge on any atom is 0.324 e. The van der Waals surface area contributed by atoms with E-state index in [-0.39, 0.29) is 17.9 Å². The lowest BCUT2D eigenvalue weighted by atomic mass is 9.74. The third kappa shape index (κ3) is 4.24. The Morgan fingerprint density at radius 3 is 2.84 bits per heavy atom. The number of piperidine rings is 1. The molecule has 8 nitrogen and oxygen atoms in total. The third-order valence-corrected chi connectivity index (χ3v) is 7.65. The summed E-state index contributed by atoms with van der Waals surface area (Å²) in [5.74, 6) is -0.00716. The molecular weight excluding hydrogens is 412 g/mol.